The van der Waals surface area contributed by atoms with E-state index in [9.17, 15) is 14.5 Å². The summed E-state index contributed by atoms with van der Waals surface area (Å²) in [6.45, 7) is 0. The van der Waals surface area contributed by atoms with Crippen molar-refractivity contribution in [2.24, 2.45) is 0 Å². The van der Waals surface area contributed by atoms with E-state index in [1.54, 1.807) is 0 Å². The number of H-pyrrole nitrogens is 1. The molecular weight excluding hydrogens is 201 g/mol. The van der Waals surface area contributed by atoms with Crippen LogP contribution in [0.15, 0.2) is 30.7 Å². The fraction of sp³-hybridized carbons (Fsp3) is 0. The molecule has 1 aromatic heterocycles. The van der Waals surface area contributed by atoms with Gasteiger partial charge in [0.25, 0.3) is 5.69 Å². The molecule has 0 fully saturated rings. The first-order valence-corrected chi connectivity index (χ1v) is 4.11. The minimum atomic E-state index is -0.560. The van der Waals surface area contributed by atoms with Gasteiger partial charge in [0.05, 0.1) is 28.7 Å². The fourth-order valence-corrected chi connectivity index (χ4v) is 1.29. The Kier molecular flexibility index (Phi) is 2.17. The van der Waals surface area contributed by atoms with E-state index >= 15 is 0 Å². The average Bonchev–Trinajstić information content (AvgIpc) is 2.69. The molecule has 0 aliphatic carbocycles. The van der Waals surface area contributed by atoms with Crippen molar-refractivity contribution in [1.82, 2.24) is 9.97 Å². The molecule has 0 atom stereocenters. The van der Waals surface area contributed by atoms with Crippen LogP contribution in [0.4, 0.5) is 10.1 Å². The maximum absolute atomic E-state index is 12.9. The summed E-state index contributed by atoms with van der Waals surface area (Å²) >= 11 is 0. The van der Waals surface area contributed by atoms with Crippen molar-refractivity contribution in [3.8, 4) is 11.3 Å². The topological polar surface area (TPSA) is 71.8 Å². The third-order valence-corrected chi connectivity index (χ3v) is 1.94. The van der Waals surface area contributed by atoms with Crippen LogP contribution < -0.4 is 0 Å². The maximum Gasteiger partial charge on any atom is 0.278 e. The Bertz CT molecular complexity index is 496. The molecule has 0 bridgehead atoms. The zero-order valence-electron chi connectivity index (χ0n) is 7.48. The molecule has 6 heteroatoms. The van der Waals surface area contributed by atoms with Crippen molar-refractivity contribution < 1.29 is 9.31 Å². The smallest absolute Gasteiger partial charge is 0.278 e. The molecule has 1 N–H and O–H groups in total. The summed E-state index contributed by atoms with van der Waals surface area (Å²) < 4.78 is 12.9. The average molecular weight is 207 g/mol. The van der Waals surface area contributed by atoms with Crippen molar-refractivity contribution in [3.63, 3.8) is 0 Å². The van der Waals surface area contributed by atoms with Gasteiger partial charge in [0.2, 0.25) is 0 Å². The van der Waals surface area contributed by atoms with Crippen LogP contribution in [0.5, 0.6) is 0 Å². The monoisotopic (exact) mass is 207 g/mol. The van der Waals surface area contributed by atoms with E-state index in [2.05, 4.69) is 9.97 Å². The van der Waals surface area contributed by atoms with E-state index in [0.717, 1.165) is 18.2 Å². The molecule has 1 heterocycles. The number of nitrogens with one attached hydrogen (secondary N) is 1. The molecule has 0 radical (unpaired) electrons. The highest BCUT2D eigenvalue weighted by Gasteiger charge is 2.16. The number of imidazole rings is 1. The van der Waals surface area contributed by atoms with Gasteiger partial charge in [0, 0.05) is 6.07 Å². The van der Waals surface area contributed by atoms with Gasteiger partial charge in [-0.1, -0.05) is 0 Å². The molecule has 0 spiro atoms. The van der Waals surface area contributed by atoms with Crippen LogP contribution in [0, 0.1) is 15.9 Å². The molecule has 5 nitrogen and oxygen atoms in total. The Balaban J connectivity index is 2.63. The second-order valence-corrected chi connectivity index (χ2v) is 2.88. The number of nitro groups is 1. The summed E-state index contributed by atoms with van der Waals surface area (Å²) in [6.07, 6.45) is 2.78. The van der Waals surface area contributed by atoms with Gasteiger partial charge in [-0.05, 0) is 12.1 Å². The predicted molar refractivity (Wildman–Crippen MR) is 50.6 cm³/mol. The minimum absolute atomic E-state index is 0.152. The molecule has 0 unspecified atom stereocenters. The van der Waals surface area contributed by atoms with Crippen LogP contribution in [0.1, 0.15) is 0 Å². The summed E-state index contributed by atoms with van der Waals surface area (Å²) in [6, 6.07) is 3.29. The van der Waals surface area contributed by atoms with Crippen molar-refractivity contribution in [3.05, 3.63) is 46.7 Å². The maximum atomic E-state index is 12.9. The Hall–Kier alpha value is -2.24. The molecule has 15 heavy (non-hydrogen) atoms. The van der Waals surface area contributed by atoms with E-state index < -0.39 is 10.7 Å². The Labute approximate surface area is 83.7 Å². The molecule has 0 amide bonds. The summed E-state index contributed by atoms with van der Waals surface area (Å²) in [5.41, 5.74) is 0.458. The van der Waals surface area contributed by atoms with Gasteiger partial charge in [-0.25, -0.2) is 9.37 Å². The normalized spacial score (nSPS) is 10.2. The molecule has 0 saturated heterocycles. The Morgan fingerprint density at radius 3 is 2.87 bits per heavy atom. The number of benzene rings is 1. The van der Waals surface area contributed by atoms with Crippen LogP contribution in [-0.4, -0.2) is 14.9 Å². The van der Waals surface area contributed by atoms with Crippen LogP contribution in [-0.2, 0) is 0 Å². The number of rotatable bonds is 2. The summed E-state index contributed by atoms with van der Waals surface area (Å²) in [5, 5.41) is 10.7. The van der Waals surface area contributed by atoms with Crippen LogP contribution in [0.3, 0.4) is 0 Å². The molecule has 1 aromatic carbocycles. The minimum Gasteiger partial charge on any atom is -0.344 e. The van der Waals surface area contributed by atoms with E-state index in [1.807, 2.05) is 0 Å². The van der Waals surface area contributed by atoms with Gasteiger partial charge in [-0.15, -0.1) is 0 Å². The second kappa shape index (κ2) is 3.49. The predicted octanol–water partition coefficient (Wildman–Crippen LogP) is 2.12. The number of nitrogens with zero attached hydrogens (tertiary/aromatic N) is 2. The van der Waals surface area contributed by atoms with E-state index in [0.29, 0.717) is 5.69 Å². The summed E-state index contributed by atoms with van der Waals surface area (Å²) in [4.78, 5) is 16.5. The van der Waals surface area contributed by atoms with Gasteiger partial charge < -0.3 is 4.98 Å². The lowest BCUT2D eigenvalue weighted by Crippen LogP contribution is -1.92. The van der Waals surface area contributed by atoms with E-state index in [-0.39, 0.29) is 11.3 Å². The molecule has 2 aromatic rings. The molecule has 2 rings (SSSR count). The molecule has 0 aliphatic heterocycles. The highest BCUT2D eigenvalue weighted by atomic mass is 19.1. The van der Waals surface area contributed by atoms with Crippen LogP contribution in [0.25, 0.3) is 11.3 Å². The number of aromatic nitrogens is 2. The van der Waals surface area contributed by atoms with Crippen molar-refractivity contribution >= 4 is 5.69 Å². The third kappa shape index (κ3) is 1.69. The Morgan fingerprint density at radius 2 is 2.27 bits per heavy atom. The quantitative estimate of drug-likeness (QED) is 0.605. The van der Waals surface area contributed by atoms with Gasteiger partial charge in [-0.2, -0.15) is 0 Å². The number of hydrogen-bond donors (Lipinski definition) is 1. The lowest BCUT2D eigenvalue weighted by molar-refractivity contribution is -0.384. The Morgan fingerprint density at radius 1 is 1.47 bits per heavy atom. The number of halogens is 1. The SMILES string of the molecule is O=[N+]([O-])c1ccc(F)cc1-c1cnc[nH]1. The fourth-order valence-electron chi connectivity index (χ4n) is 1.29. The molecule has 0 saturated carbocycles. The van der Waals surface area contributed by atoms with Gasteiger partial charge in [-0.3, -0.25) is 10.1 Å². The standard InChI is InChI=1S/C9H6FN3O2/c10-6-1-2-9(13(14)15)7(3-6)8-4-11-5-12-8/h1-5H,(H,11,12). The molecular formula is C9H6FN3O2. The first-order valence-electron chi connectivity index (χ1n) is 4.11. The van der Waals surface area contributed by atoms with Gasteiger partial charge in [0.1, 0.15) is 5.82 Å². The largest absolute Gasteiger partial charge is 0.344 e. The number of hydrogen-bond acceptors (Lipinski definition) is 3. The highest BCUT2D eigenvalue weighted by molar-refractivity contribution is 5.69. The number of nitro benzene ring substituents is 1. The zero-order chi connectivity index (χ0) is 10.8. The van der Waals surface area contributed by atoms with Crippen LogP contribution in [0.2, 0.25) is 0 Å². The van der Waals surface area contributed by atoms with E-state index in [1.165, 1.54) is 12.5 Å². The molecule has 0 aliphatic rings. The summed E-state index contributed by atoms with van der Waals surface area (Å²) in [5.74, 6) is -0.523. The van der Waals surface area contributed by atoms with Gasteiger partial charge >= 0.3 is 0 Å². The third-order valence-electron chi connectivity index (χ3n) is 1.94. The lowest BCUT2D eigenvalue weighted by atomic mass is 10.1. The van der Waals surface area contributed by atoms with E-state index in [4.69, 9.17) is 0 Å². The first-order chi connectivity index (χ1) is 7.18. The lowest BCUT2D eigenvalue weighted by Gasteiger charge is -1.99. The summed E-state index contributed by atoms with van der Waals surface area (Å²) in [7, 11) is 0. The zero-order valence-corrected chi connectivity index (χ0v) is 7.48. The van der Waals surface area contributed by atoms with Crippen LogP contribution >= 0.6 is 0 Å². The van der Waals surface area contributed by atoms with Crippen molar-refractivity contribution in [1.29, 1.82) is 0 Å². The number of aromatic amines is 1. The first kappa shape index (κ1) is 9.32. The molecule has 76 valence electrons. The van der Waals surface area contributed by atoms with Crippen molar-refractivity contribution in [2.45, 2.75) is 0 Å². The van der Waals surface area contributed by atoms with Crippen molar-refractivity contribution in [2.75, 3.05) is 0 Å². The second-order valence-electron chi connectivity index (χ2n) is 2.88. The highest BCUT2D eigenvalue weighted by Crippen LogP contribution is 2.28. The van der Waals surface area contributed by atoms with Gasteiger partial charge in [0.15, 0.2) is 0 Å².